The molecule has 1 nitrogen and oxygen atoms in total. The molecule has 2 rings (SSSR count). The van der Waals surface area contributed by atoms with E-state index in [9.17, 15) is 4.79 Å². The Balaban J connectivity index is 2.48. The number of hydrogen-bond acceptors (Lipinski definition) is 2. The van der Waals surface area contributed by atoms with Crippen molar-refractivity contribution in [1.82, 2.24) is 0 Å². The van der Waals surface area contributed by atoms with Gasteiger partial charge in [-0.25, -0.2) is 0 Å². The summed E-state index contributed by atoms with van der Waals surface area (Å²) in [5.74, 6) is 0. The van der Waals surface area contributed by atoms with Gasteiger partial charge in [-0.3, -0.25) is 4.79 Å². The molecule has 15 heavy (non-hydrogen) atoms. The van der Waals surface area contributed by atoms with Crippen molar-refractivity contribution in [3.8, 4) is 11.1 Å². The lowest BCUT2D eigenvalue weighted by molar-refractivity contribution is 0.112. The molecule has 0 atom stereocenters. The molecule has 0 fully saturated rings. The number of thiophene rings is 1. The van der Waals surface area contributed by atoms with Crippen molar-refractivity contribution in [2.45, 2.75) is 13.3 Å². The Morgan fingerprint density at radius 3 is 2.80 bits per heavy atom. The van der Waals surface area contributed by atoms with Gasteiger partial charge in [0.1, 0.15) is 0 Å². The Morgan fingerprint density at radius 2 is 2.13 bits per heavy atom. The second kappa shape index (κ2) is 4.41. The summed E-state index contributed by atoms with van der Waals surface area (Å²) < 4.78 is 0. The van der Waals surface area contributed by atoms with E-state index in [1.165, 1.54) is 22.5 Å². The number of benzene rings is 1. The van der Waals surface area contributed by atoms with Crippen LogP contribution in [0.15, 0.2) is 35.7 Å². The third kappa shape index (κ3) is 2.00. The van der Waals surface area contributed by atoms with Crippen molar-refractivity contribution in [1.29, 1.82) is 0 Å². The molecule has 2 aromatic rings. The topological polar surface area (TPSA) is 17.1 Å². The largest absolute Gasteiger partial charge is 0.297 e. The van der Waals surface area contributed by atoms with E-state index in [1.807, 2.05) is 17.5 Å². The van der Waals surface area contributed by atoms with E-state index in [0.717, 1.165) is 23.1 Å². The lowest BCUT2D eigenvalue weighted by atomic mass is 10.0. The first-order valence-electron chi connectivity index (χ1n) is 4.97. The first kappa shape index (κ1) is 10.1. The Morgan fingerprint density at radius 1 is 1.33 bits per heavy atom. The normalized spacial score (nSPS) is 10.2. The number of carbonyl (C=O) groups is 1. The summed E-state index contributed by atoms with van der Waals surface area (Å²) in [5, 5.41) is 2.04. The molecule has 1 heterocycles. The van der Waals surface area contributed by atoms with Gasteiger partial charge in [-0.05, 0) is 34.6 Å². The number of carbonyl (C=O) groups excluding carboxylic acids is 1. The maximum Gasteiger partial charge on any atom is 0.160 e. The fourth-order valence-electron chi connectivity index (χ4n) is 1.67. The molecule has 76 valence electrons. The number of rotatable bonds is 3. The molecule has 0 amide bonds. The van der Waals surface area contributed by atoms with Gasteiger partial charge in [0.2, 0.25) is 0 Å². The average Bonchev–Trinajstić information content (AvgIpc) is 2.77. The second-order valence-corrected chi connectivity index (χ2v) is 4.31. The van der Waals surface area contributed by atoms with Gasteiger partial charge in [0.25, 0.3) is 0 Å². The van der Waals surface area contributed by atoms with Crippen LogP contribution in [0.2, 0.25) is 0 Å². The van der Waals surface area contributed by atoms with Gasteiger partial charge in [-0.2, -0.15) is 0 Å². The third-order valence-corrected chi connectivity index (χ3v) is 3.30. The standard InChI is InChI=1S/C13H12OS/c1-2-10-5-3-4-6-13(10)11-7-12(8-14)15-9-11/h3-9H,2H2,1H3. The number of aldehydes is 1. The molecular weight excluding hydrogens is 204 g/mol. The molecule has 0 aliphatic carbocycles. The minimum Gasteiger partial charge on any atom is -0.297 e. The van der Waals surface area contributed by atoms with Crippen molar-refractivity contribution in [2.75, 3.05) is 0 Å². The molecule has 0 saturated heterocycles. The minimum absolute atomic E-state index is 0.788. The smallest absolute Gasteiger partial charge is 0.160 e. The van der Waals surface area contributed by atoms with Crippen LogP contribution in [0.25, 0.3) is 11.1 Å². The van der Waals surface area contributed by atoms with Crippen LogP contribution in [-0.4, -0.2) is 6.29 Å². The molecule has 0 spiro atoms. The Hall–Kier alpha value is -1.41. The molecule has 0 saturated carbocycles. The maximum atomic E-state index is 10.6. The fourth-order valence-corrected chi connectivity index (χ4v) is 2.37. The molecule has 2 heteroatoms. The van der Waals surface area contributed by atoms with Crippen LogP contribution in [0.5, 0.6) is 0 Å². The van der Waals surface area contributed by atoms with Crippen molar-refractivity contribution in [3.05, 3.63) is 46.2 Å². The Bertz CT molecular complexity index is 471. The molecule has 0 radical (unpaired) electrons. The molecule has 0 aliphatic rings. The zero-order valence-corrected chi connectivity index (χ0v) is 9.38. The summed E-state index contributed by atoms with van der Waals surface area (Å²) in [4.78, 5) is 11.4. The van der Waals surface area contributed by atoms with Crippen LogP contribution in [0, 0.1) is 0 Å². The van der Waals surface area contributed by atoms with Gasteiger partial charge < -0.3 is 0 Å². The van der Waals surface area contributed by atoms with Gasteiger partial charge in [-0.1, -0.05) is 31.2 Å². The molecule has 0 N–H and O–H groups in total. The highest BCUT2D eigenvalue weighted by atomic mass is 32.1. The van der Waals surface area contributed by atoms with Crippen molar-refractivity contribution in [2.24, 2.45) is 0 Å². The summed E-state index contributed by atoms with van der Waals surface area (Å²) in [6, 6.07) is 10.3. The van der Waals surface area contributed by atoms with E-state index in [-0.39, 0.29) is 0 Å². The van der Waals surface area contributed by atoms with Crippen molar-refractivity contribution in [3.63, 3.8) is 0 Å². The predicted molar refractivity (Wildman–Crippen MR) is 64.5 cm³/mol. The summed E-state index contributed by atoms with van der Waals surface area (Å²) in [7, 11) is 0. The van der Waals surface area contributed by atoms with Crippen molar-refractivity contribution < 1.29 is 4.79 Å². The molecule has 0 bridgehead atoms. The highest BCUT2D eigenvalue weighted by Gasteiger charge is 2.05. The van der Waals surface area contributed by atoms with Gasteiger partial charge >= 0.3 is 0 Å². The van der Waals surface area contributed by atoms with Crippen molar-refractivity contribution >= 4 is 17.6 Å². The molecule has 1 aromatic heterocycles. The van der Waals surface area contributed by atoms with Crippen LogP contribution in [0.1, 0.15) is 22.2 Å². The molecular formula is C13H12OS. The molecule has 0 unspecified atom stereocenters. The fraction of sp³-hybridized carbons (Fsp3) is 0.154. The monoisotopic (exact) mass is 216 g/mol. The zero-order chi connectivity index (χ0) is 10.7. The van der Waals surface area contributed by atoms with E-state index in [2.05, 4.69) is 25.1 Å². The summed E-state index contributed by atoms with van der Waals surface area (Å²) in [6.07, 6.45) is 1.92. The quantitative estimate of drug-likeness (QED) is 0.713. The Kier molecular flexibility index (Phi) is 2.97. The first-order chi connectivity index (χ1) is 7.35. The van der Waals surface area contributed by atoms with Crippen LogP contribution in [0.3, 0.4) is 0 Å². The van der Waals surface area contributed by atoms with Gasteiger partial charge in [0.05, 0.1) is 4.88 Å². The summed E-state index contributed by atoms with van der Waals surface area (Å²) in [6.45, 7) is 2.14. The van der Waals surface area contributed by atoms with Gasteiger partial charge in [0, 0.05) is 0 Å². The van der Waals surface area contributed by atoms with Crippen LogP contribution < -0.4 is 0 Å². The lowest BCUT2D eigenvalue weighted by Crippen LogP contribution is -1.84. The van der Waals surface area contributed by atoms with Gasteiger partial charge in [0.15, 0.2) is 6.29 Å². The predicted octanol–water partition coefficient (Wildman–Crippen LogP) is 3.79. The molecule has 0 aliphatic heterocycles. The maximum absolute atomic E-state index is 10.6. The zero-order valence-electron chi connectivity index (χ0n) is 8.57. The highest BCUT2D eigenvalue weighted by Crippen LogP contribution is 2.27. The third-order valence-electron chi connectivity index (χ3n) is 2.45. The average molecular weight is 216 g/mol. The molecule has 1 aromatic carbocycles. The number of aryl methyl sites for hydroxylation is 1. The van der Waals surface area contributed by atoms with E-state index in [0.29, 0.717) is 0 Å². The van der Waals surface area contributed by atoms with E-state index >= 15 is 0 Å². The number of hydrogen-bond donors (Lipinski definition) is 0. The van der Waals surface area contributed by atoms with Crippen LogP contribution >= 0.6 is 11.3 Å². The lowest BCUT2D eigenvalue weighted by Gasteiger charge is -2.04. The minimum atomic E-state index is 0.788. The highest BCUT2D eigenvalue weighted by molar-refractivity contribution is 7.12. The van der Waals surface area contributed by atoms with Crippen LogP contribution in [0.4, 0.5) is 0 Å². The second-order valence-electron chi connectivity index (χ2n) is 3.37. The van der Waals surface area contributed by atoms with E-state index < -0.39 is 0 Å². The van der Waals surface area contributed by atoms with Crippen LogP contribution in [-0.2, 0) is 6.42 Å². The SMILES string of the molecule is CCc1ccccc1-c1csc(C=O)c1. The van der Waals surface area contributed by atoms with Gasteiger partial charge in [-0.15, -0.1) is 11.3 Å². The summed E-state index contributed by atoms with van der Waals surface area (Å²) >= 11 is 1.50. The summed E-state index contributed by atoms with van der Waals surface area (Å²) in [5.41, 5.74) is 3.72. The Labute approximate surface area is 93.4 Å². The first-order valence-corrected chi connectivity index (χ1v) is 5.85. The van der Waals surface area contributed by atoms with E-state index in [1.54, 1.807) is 0 Å². The van der Waals surface area contributed by atoms with E-state index in [4.69, 9.17) is 0 Å².